The summed E-state index contributed by atoms with van der Waals surface area (Å²) in [4.78, 5) is 2.40. The number of morpholine rings is 1. The van der Waals surface area contributed by atoms with E-state index >= 15 is 0 Å². The SMILES string of the molecule is C[Si](C)(C)C(C#CCN1CCOCC1)[Si](C)(C)C. The summed E-state index contributed by atoms with van der Waals surface area (Å²) < 4.78 is 5.36. The number of rotatable bonds is 3. The van der Waals surface area contributed by atoms with E-state index < -0.39 is 16.1 Å². The van der Waals surface area contributed by atoms with Gasteiger partial charge in [0.05, 0.1) is 35.9 Å². The van der Waals surface area contributed by atoms with E-state index in [1.54, 1.807) is 0 Å². The van der Waals surface area contributed by atoms with E-state index in [1.807, 2.05) is 0 Å². The molecule has 104 valence electrons. The van der Waals surface area contributed by atoms with Crippen LogP contribution < -0.4 is 0 Å². The molecule has 0 aliphatic carbocycles. The summed E-state index contributed by atoms with van der Waals surface area (Å²) in [5, 5.41) is 0.700. The predicted molar refractivity (Wildman–Crippen MR) is 85.5 cm³/mol. The maximum atomic E-state index is 5.36. The van der Waals surface area contributed by atoms with E-state index in [0.717, 1.165) is 32.8 Å². The first-order valence-corrected chi connectivity index (χ1v) is 14.2. The molecule has 1 aliphatic heterocycles. The number of ether oxygens (including phenoxy) is 1. The smallest absolute Gasteiger partial charge is 0.0603 e. The molecule has 2 nitrogen and oxygen atoms in total. The van der Waals surface area contributed by atoms with Crippen molar-refractivity contribution in [1.29, 1.82) is 0 Å². The van der Waals surface area contributed by atoms with Crippen LogP contribution in [0.2, 0.25) is 44.4 Å². The summed E-state index contributed by atoms with van der Waals surface area (Å²) in [6, 6.07) is 0. The molecule has 0 unspecified atom stereocenters. The van der Waals surface area contributed by atoms with Gasteiger partial charge in [-0.15, -0.1) is 5.92 Å². The Bertz CT molecular complexity index is 299. The van der Waals surface area contributed by atoms with Crippen LogP contribution in [0.1, 0.15) is 0 Å². The lowest BCUT2D eigenvalue weighted by atomic mass is 10.4. The van der Waals surface area contributed by atoms with Crippen molar-refractivity contribution in [2.45, 2.75) is 44.4 Å². The van der Waals surface area contributed by atoms with Gasteiger partial charge in [0.1, 0.15) is 0 Å². The minimum absolute atomic E-state index is 0.700. The molecule has 0 N–H and O–H groups in total. The Morgan fingerprint density at radius 1 is 1.00 bits per heavy atom. The molecule has 0 aromatic rings. The third kappa shape index (κ3) is 5.27. The summed E-state index contributed by atoms with van der Waals surface area (Å²) in [6.45, 7) is 19.5. The first-order chi connectivity index (χ1) is 8.21. The van der Waals surface area contributed by atoms with Crippen LogP contribution in [-0.4, -0.2) is 53.9 Å². The van der Waals surface area contributed by atoms with Crippen molar-refractivity contribution in [3.05, 3.63) is 0 Å². The fourth-order valence-corrected chi connectivity index (χ4v) is 14.2. The van der Waals surface area contributed by atoms with Gasteiger partial charge in [-0.1, -0.05) is 45.2 Å². The molecule has 4 heteroatoms. The second-order valence-electron chi connectivity index (χ2n) is 7.37. The summed E-state index contributed by atoms with van der Waals surface area (Å²) in [5.41, 5.74) is 0. The monoisotopic (exact) mass is 283 g/mol. The van der Waals surface area contributed by atoms with Gasteiger partial charge in [0, 0.05) is 18.3 Å². The first kappa shape index (κ1) is 16.0. The quantitative estimate of drug-likeness (QED) is 0.583. The highest BCUT2D eigenvalue weighted by atomic mass is 28.4. The molecule has 0 aromatic carbocycles. The molecular formula is C14H29NOSi2. The molecular weight excluding hydrogens is 254 g/mol. The van der Waals surface area contributed by atoms with Gasteiger partial charge in [-0.3, -0.25) is 4.90 Å². The molecule has 0 spiro atoms. The van der Waals surface area contributed by atoms with Crippen molar-refractivity contribution in [2.75, 3.05) is 32.8 Å². The highest BCUT2D eigenvalue weighted by molar-refractivity contribution is 6.97. The zero-order valence-electron chi connectivity index (χ0n) is 13.0. The van der Waals surface area contributed by atoms with Gasteiger partial charge >= 0.3 is 0 Å². The van der Waals surface area contributed by atoms with E-state index in [2.05, 4.69) is 56.0 Å². The van der Waals surface area contributed by atoms with Crippen molar-refractivity contribution in [3.8, 4) is 11.8 Å². The van der Waals surface area contributed by atoms with Crippen LogP contribution in [0.4, 0.5) is 0 Å². The fourth-order valence-electron chi connectivity index (χ4n) is 2.75. The highest BCUT2D eigenvalue weighted by Crippen LogP contribution is 2.31. The minimum atomic E-state index is -1.16. The van der Waals surface area contributed by atoms with Crippen molar-refractivity contribution < 1.29 is 4.74 Å². The van der Waals surface area contributed by atoms with Gasteiger partial charge in [0.2, 0.25) is 0 Å². The number of nitrogens with zero attached hydrogens (tertiary/aromatic N) is 1. The maximum absolute atomic E-state index is 5.36. The molecule has 0 atom stereocenters. The fraction of sp³-hybridized carbons (Fsp3) is 0.857. The molecule has 1 saturated heterocycles. The lowest BCUT2D eigenvalue weighted by Crippen LogP contribution is -2.43. The Kier molecular flexibility index (Phi) is 5.66. The summed E-state index contributed by atoms with van der Waals surface area (Å²) >= 11 is 0. The van der Waals surface area contributed by atoms with E-state index in [4.69, 9.17) is 4.74 Å². The molecule has 0 aromatic heterocycles. The standard InChI is InChI=1S/C14H29NOSi2/c1-17(2,3)14(18(4,5)6)8-7-9-15-10-12-16-13-11-15/h14H,9-13H2,1-6H3. The van der Waals surface area contributed by atoms with Gasteiger partial charge in [-0.25, -0.2) is 0 Å². The molecule has 1 heterocycles. The second kappa shape index (κ2) is 6.38. The topological polar surface area (TPSA) is 12.5 Å². The molecule has 0 bridgehead atoms. The molecule has 18 heavy (non-hydrogen) atoms. The van der Waals surface area contributed by atoms with Crippen LogP contribution >= 0.6 is 0 Å². The van der Waals surface area contributed by atoms with Gasteiger partial charge in [0.15, 0.2) is 0 Å². The van der Waals surface area contributed by atoms with Crippen molar-refractivity contribution >= 4 is 16.1 Å². The Hall–Kier alpha value is -0.0862. The van der Waals surface area contributed by atoms with Crippen molar-refractivity contribution in [2.24, 2.45) is 0 Å². The first-order valence-electron chi connectivity index (χ1n) is 7.00. The summed E-state index contributed by atoms with van der Waals surface area (Å²) in [6.07, 6.45) is 0. The van der Waals surface area contributed by atoms with E-state index in [-0.39, 0.29) is 0 Å². The Balaban J connectivity index is 2.61. The van der Waals surface area contributed by atoms with Crippen LogP contribution in [-0.2, 0) is 4.74 Å². The van der Waals surface area contributed by atoms with E-state index in [9.17, 15) is 0 Å². The van der Waals surface area contributed by atoms with Crippen LogP contribution in [0, 0.1) is 11.8 Å². The zero-order valence-corrected chi connectivity index (χ0v) is 15.0. The Morgan fingerprint density at radius 2 is 1.50 bits per heavy atom. The normalized spacial score (nSPS) is 18.6. The Morgan fingerprint density at radius 3 is 1.94 bits per heavy atom. The molecule has 1 aliphatic rings. The van der Waals surface area contributed by atoms with E-state index in [1.165, 1.54) is 0 Å². The van der Waals surface area contributed by atoms with Crippen LogP contribution in [0.3, 0.4) is 0 Å². The second-order valence-corrected chi connectivity index (χ2v) is 18.6. The minimum Gasteiger partial charge on any atom is -0.379 e. The van der Waals surface area contributed by atoms with Crippen molar-refractivity contribution in [3.63, 3.8) is 0 Å². The average Bonchev–Trinajstić information content (AvgIpc) is 2.22. The van der Waals surface area contributed by atoms with Gasteiger partial charge < -0.3 is 4.74 Å². The zero-order chi connectivity index (χ0) is 13.8. The molecule has 0 amide bonds. The van der Waals surface area contributed by atoms with Gasteiger partial charge in [0.25, 0.3) is 0 Å². The lowest BCUT2D eigenvalue weighted by molar-refractivity contribution is 0.0443. The molecule has 0 radical (unpaired) electrons. The van der Waals surface area contributed by atoms with Crippen molar-refractivity contribution in [1.82, 2.24) is 4.90 Å². The molecule has 1 fully saturated rings. The van der Waals surface area contributed by atoms with Crippen LogP contribution in [0.5, 0.6) is 0 Å². The van der Waals surface area contributed by atoms with Gasteiger partial charge in [-0.05, 0) is 0 Å². The third-order valence-electron chi connectivity index (χ3n) is 3.38. The van der Waals surface area contributed by atoms with E-state index in [0.29, 0.717) is 5.16 Å². The lowest BCUT2D eigenvalue weighted by Gasteiger charge is -2.34. The third-order valence-corrected chi connectivity index (χ3v) is 12.3. The predicted octanol–water partition coefficient (Wildman–Crippen LogP) is 2.91. The summed E-state index contributed by atoms with van der Waals surface area (Å²) in [5.74, 6) is 7.10. The number of hydrogen-bond acceptors (Lipinski definition) is 2. The largest absolute Gasteiger partial charge is 0.379 e. The molecule has 1 rings (SSSR count). The summed E-state index contributed by atoms with van der Waals surface area (Å²) in [7, 11) is -2.33. The number of hydrogen-bond donors (Lipinski definition) is 0. The molecule has 0 saturated carbocycles. The van der Waals surface area contributed by atoms with Gasteiger partial charge in [-0.2, -0.15) is 0 Å². The maximum Gasteiger partial charge on any atom is 0.0603 e. The average molecular weight is 284 g/mol. The van der Waals surface area contributed by atoms with Crippen LogP contribution in [0.25, 0.3) is 0 Å². The highest BCUT2D eigenvalue weighted by Gasteiger charge is 2.36. The van der Waals surface area contributed by atoms with Crippen LogP contribution in [0.15, 0.2) is 0 Å². The Labute approximate surface area is 115 Å².